The fourth-order valence-electron chi connectivity index (χ4n) is 6.77. The Hall–Kier alpha value is -6.56. The van der Waals surface area contributed by atoms with E-state index in [2.05, 4.69) is 33.9 Å². The van der Waals surface area contributed by atoms with E-state index in [0.717, 1.165) is 23.5 Å². The number of halogens is 2. The van der Waals surface area contributed by atoms with E-state index in [1.54, 1.807) is 67.0 Å². The van der Waals surface area contributed by atoms with Crippen LogP contribution in [0.3, 0.4) is 0 Å². The second-order valence-corrected chi connectivity index (χ2v) is 21.3. The number of ether oxygens (including phenoxy) is 1. The van der Waals surface area contributed by atoms with Gasteiger partial charge in [-0.05, 0) is 86.3 Å². The molecule has 17 nitrogen and oxygen atoms in total. The van der Waals surface area contributed by atoms with Crippen LogP contribution in [0.2, 0.25) is 0 Å². The summed E-state index contributed by atoms with van der Waals surface area (Å²) in [6.07, 6.45) is 4.90. The van der Waals surface area contributed by atoms with E-state index in [-0.39, 0.29) is 56.9 Å². The molecule has 1 unspecified atom stereocenters. The molecule has 0 bridgehead atoms. The standard InChI is InChI=1S/C24H24FN3O6S.C22H22FN3O5S/c1-23(22(29)27-31,35(2,32)33)9-10-28-13-18-11-17(20(25)12-21(18)26-28)6-3-16-4-7-19(8-5-16)24(30)14-34-15-24;1-22(21(28)25-29,32(2,30)31)9-10-26-13-18-11-15(5-8-20(18)24-26)3-6-17-7-4-16(14-27)12-19(17)23/h4-5,7-8,11-13,30-31H,9-10,14-15H2,1-2H3,(H,27,29);4-5,7-8,11-13,27,29H,9-10,14H2,1-2H3,(H,25,28)/t;22-/m.1/s1. The molecule has 4 aromatic carbocycles. The van der Waals surface area contributed by atoms with Gasteiger partial charge in [-0.3, -0.25) is 29.4 Å². The van der Waals surface area contributed by atoms with Crippen LogP contribution in [0.5, 0.6) is 0 Å². The Morgan fingerprint density at radius 2 is 1.22 bits per heavy atom. The number of aliphatic hydroxyl groups is 2. The molecule has 0 radical (unpaired) electrons. The molecular weight excluding hydrogens is 915 g/mol. The van der Waals surface area contributed by atoms with Gasteiger partial charge in [-0.25, -0.2) is 36.6 Å². The lowest BCUT2D eigenvalue weighted by Crippen LogP contribution is -2.49. The molecule has 352 valence electrons. The topological polar surface area (TPSA) is 252 Å². The number of nitrogens with one attached hydrogen (secondary N) is 2. The summed E-state index contributed by atoms with van der Waals surface area (Å²) >= 11 is 0. The normalized spacial score (nSPS) is 15.0. The summed E-state index contributed by atoms with van der Waals surface area (Å²) in [5.74, 6) is 8.24. The van der Waals surface area contributed by atoms with Gasteiger partial charge in [0.2, 0.25) is 0 Å². The SMILES string of the molecule is CC(CCn1cc2cc(C#Cc3ccc(C4(O)COC4)cc3)c(F)cc2n1)(C(=O)NO)S(C)(=O)=O.C[C@@](CCn1cc2cc(C#Cc3ccc(CO)cc3F)ccc2n1)(C(=O)NO)S(C)(=O)=O. The van der Waals surface area contributed by atoms with Gasteiger partial charge in [0.15, 0.2) is 29.2 Å². The van der Waals surface area contributed by atoms with Crippen molar-refractivity contribution < 1.29 is 60.6 Å². The van der Waals surface area contributed by atoms with Crippen molar-refractivity contribution in [1.82, 2.24) is 30.5 Å². The average Bonchev–Trinajstić information content (AvgIpc) is 3.89. The largest absolute Gasteiger partial charge is 0.392 e. The first-order chi connectivity index (χ1) is 31.5. The summed E-state index contributed by atoms with van der Waals surface area (Å²) in [5, 5.41) is 47.2. The lowest BCUT2D eigenvalue weighted by molar-refractivity contribution is -0.184. The van der Waals surface area contributed by atoms with E-state index in [0.29, 0.717) is 33.1 Å². The molecular formula is C46H46F2N6O11S2. The van der Waals surface area contributed by atoms with E-state index >= 15 is 0 Å². The van der Waals surface area contributed by atoms with Gasteiger partial charge in [-0.15, -0.1) is 0 Å². The highest BCUT2D eigenvalue weighted by molar-refractivity contribution is 7.93. The first-order valence-corrected chi connectivity index (χ1v) is 24.1. The van der Waals surface area contributed by atoms with Crippen LogP contribution in [-0.2, 0) is 59.3 Å². The number of aryl methyl sites for hydroxylation is 2. The number of benzene rings is 4. The molecule has 7 rings (SSSR count). The molecule has 6 aromatic rings. The molecule has 0 aliphatic carbocycles. The van der Waals surface area contributed by atoms with Crippen LogP contribution in [0.25, 0.3) is 21.8 Å². The third kappa shape index (κ3) is 11.0. The molecule has 21 heteroatoms. The Bertz CT molecular complexity index is 3220. The number of amides is 2. The lowest BCUT2D eigenvalue weighted by atomic mass is 9.91. The number of hydroxylamine groups is 2. The van der Waals surface area contributed by atoms with Gasteiger partial charge in [-0.2, -0.15) is 10.2 Å². The molecule has 1 saturated heterocycles. The quantitative estimate of drug-likeness (QED) is 0.0586. The van der Waals surface area contributed by atoms with Crippen molar-refractivity contribution in [3.05, 3.63) is 130 Å². The van der Waals surface area contributed by atoms with Crippen molar-refractivity contribution in [3.8, 4) is 23.7 Å². The van der Waals surface area contributed by atoms with Gasteiger partial charge in [0.1, 0.15) is 17.2 Å². The van der Waals surface area contributed by atoms with Crippen LogP contribution < -0.4 is 11.0 Å². The number of aromatic nitrogens is 4. The minimum absolute atomic E-state index is 0.0397. The fraction of sp³-hybridized carbons (Fsp3) is 0.304. The van der Waals surface area contributed by atoms with Crippen molar-refractivity contribution in [3.63, 3.8) is 0 Å². The van der Waals surface area contributed by atoms with E-state index in [9.17, 15) is 40.3 Å². The Balaban J connectivity index is 0.000000222. The predicted octanol–water partition coefficient (Wildman–Crippen LogP) is 3.26. The molecule has 0 spiro atoms. The van der Waals surface area contributed by atoms with Crippen LogP contribution in [0.15, 0.2) is 85.2 Å². The van der Waals surface area contributed by atoms with Crippen molar-refractivity contribution >= 4 is 53.3 Å². The zero-order valence-corrected chi connectivity index (χ0v) is 38.2. The maximum absolute atomic E-state index is 14.6. The summed E-state index contributed by atoms with van der Waals surface area (Å²) < 4.78 is 81.4. The number of aliphatic hydroxyl groups excluding tert-OH is 1. The third-order valence-electron chi connectivity index (χ3n) is 11.6. The number of rotatable bonds is 12. The fourth-order valence-corrected chi connectivity index (χ4v) is 8.46. The zero-order chi connectivity index (χ0) is 49.0. The molecule has 1 aliphatic heterocycles. The van der Waals surface area contributed by atoms with Crippen LogP contribution >= 0.6 is 0 Å². The number of hydrogen-bond donors (Lipinski definition) is 6. The van der Waals surface area contributed by atoms with Crippen molar-refractivity contribution in [2.24, 2.45) is 0 Å². The second kappa shape index (κ2) is 19.7. The molecule has 3 heterocycles. The zero-order valence-electron chi connectivity index (χ0n) is 36.5. The Kier molecular flexibility index (Phi) is 14.7. The van der Waals surface area contributed by atoms with E-state index in [1.807, 2.05) is 0 Å². The smallest absolute Gasteiger partial charge is 0.264 e. The molecule has 0 saturated carbocycles. The van der Waals surface area contributed by atoms with Gasteiger partial charge in [-0.1, -0.05) is 41.9 Å². The average molecular weight is 961 g/mol. The highest BCUT2D eigenvalue weighted by Gasteiger charge is 2.44. The second-order valence-electron chi connectivity index (χ2n) is 16.4. The Labute approximate surface area is 384 Å². The van der Waals surface area contributed by atoms with Crippen molar-refractivity contribution in [1.29, 1.82) is 0 Å². The van der Waals surface area contributed by atoms with Gasteiger partial charge in [0.05, 0.1) is 42.0 Å². The monoisotopic (exact) mass is 960 g/mol. The van der Waals surface area contributed by atoms with Gasteiger partial charge >= 0.3 is 0 Å². The number of hydrogen-bond acceptors (Lipinski definition) is 13. The van der Waals surface area contributed by atoms with E-state index < -0.39 is 58.2 Å². The minimum atomic E-state index is -3.84. The summed E-state index contributed by atoms with van der Waals surface area (Å²) in [4.78, 5) is 23.9. The molecule has 2 atom stereocenters. The number of nitrogens with zero attached hydrogens (tertiary/aromatic N) is 4. The number of carbonyl (C=O) groups is 2. The van der Waals surface area contributed by atoms with Gasteiger partial charge in [0, 0.05) is 66.0 Å². The van der Waals surface area contributed by atoms with E-state index in [1.165, 1.54) is 52.4 Å². The Morgan fingerprint density at radius 1 is 0.716 bits per heavy atom. The number of fused-ring (bicyclic) bond motifs is 2. The maximum atomic E-state index is 14.6. The number of sulfone groups is 2. The summed E-state index contributed by atoms with van der Waals surface area (Å²) in [6.45, 7) is 2.87. The highest BCUT2D eigenvalue weighted by Crippen LogP contribution is 2.30. The molecule has 1 fully saturated rings. The van der Waals surface area contributed by atoms with Gasteiger partial charge in [0.25, 0.3) is 11.8 Å². The molecule has 67 heavy (non-hydrogen) atoms. The lowest BCUT2D eigenvalue weighted by Gasteiger charge is -2.36. The third-order valence-corrected chi connectivity index (χ3v) is 15.7. The Morgan fingerprint density at radius 3 is 1.73 bits per heavy atom. The molecule has 6 N–H and O–H groups in total. The number of carbonyl (C=O) groups excluding carboxylic acids is 2. The minimum Gasteiger partial charge on any atom is -0.392 e. The first kappa shape index (κ1) is 49.9. The first-order valence-electron chi connectivity index (χ1n) is 20.3. The van der Waals surface area contributed by atoms with Crippen LogP contribution in [0.1, 0.15) is 60.1 Å². The highest BCUT2D eigenvalue weighted by atomic mass is 32.2. The summed E-state index contributed by atoms with van der Waals surface area (Å²) in [6, 6.07) is 19.4. The molecule has 1 aliphatic rings. The van der Waals surface area contributed by atoms with Crippen LogP contribution in [0, 0.1) is 35.3 Å². The summed E-state index contributed by atoms with van der Waals surface area (Å²) in [5.41, 5.74) is 5.68. The van der Waals surface area contributed by atoms with Crippen LogP contribution in [0.4, 0.5) is 8.78 Å². The van der Waals surface area contributed by atoms with Crippen molar-refractivity contribution in [2.45, 2.75) is 61.5 Å². The predicted molar refractivity (Wildman–Crippen MR) is 240 cm³/mol. The summed E-state index contributed by atoms with van der Waals surface area (Å²) in [7, 11) is -7.64. The molecule has 2 aromatic heterocycles. The van der Waals surface area contributed by atoms with Crippen molar-refractivity contribution in [2.75, 3.05) is 25.7 Å². The van der Waals surface area contributed by atoms with E-state index in [4.69, 9.17) is 20.3 Å². The van der Waals surface area contributed by atoms with Gasteiger partial charge < -0.3 is 14.9 Å². The molecule has 2 amide bonds. The van der Waals surface area contributed by atoms with Crippen LogP contribution in [-0.4, -0.2) is 104 Å². The maximum Gasteiger partial charge on any atom is 0.264 e.